The zero-order valence-electron chi connectivity index (χ0n) is 16.8. The van der Waals surface area contributed by atoms with Crippen LogP contribution in [-0.2, 0) is 6.54 Å². The lowest BCUT2D eigenvalue weighted by Gasteiger charge is -2.32. The lowest BCUT2D eigenvalue weighted by atomic mass is 10.0. The molecular weight excluding hydrogens is 368 g/mol. The number of nitrogens with zero attached hydrogens (tertiary/aromatic N) is 2. The second kappa shape index (κ2) is 10.0. The van der Waals surface area contributed by atoms with Crippen molar-refractivity contribution in [3.63, 3.8) is 0 Å². The van der Waals surface area contributed by atoms with E-state index in [0.29, 0.717) is 17.8 Å². The molecule has 1 heterocycles. The predicted molar refractivity (Wildman–Crippen MR) is 114 cm³/mol. The summed E-state index contributed by atoms with van der Waals surface area (Å²) >= 11 is 0. The second-order valence-corrected chi connectivity index (χ2v) is 7.42. The number of anilines is 1. The first-order valence-corrected chi connectivity index (χ1v) is 10.2. The summed E-state index contributed by atoms with van der Waals surface area (Å²) in [7, 11) is 0. The van der Waals surface area contributed by atoms with Crippen LogP contribution in [-0.4, -0.2) is 41.4 Å². The molecular formula is C22H28N4O3. The van der Waals surface area contributed by atoms with Crippen LogP contribution in [0.3, 0.4) is 0 Å². The summed E-state index contributed by atoms with van der Waals surface area (Å²) in [6, 6.07) is 14.4. The second-order valence-electron chi connectivity index (χ2n) is 7.42. The molecule has 7 heteroatoms. The Morgan fingerprint density at radius 2 is 1.90 bits per heavy atom. The van der Waals surface area contributed by atoms with Crippen molar-refractivity contribution >= 4 is 17.3 Å². The molecule has 0 unspecified atom stereocenters. The minimum absolute atomic E-state index is 0.0913. The average molecular weight is 396 g/mol. The molecule has 1 saturated heterocycles. The molecule has 1 aliphatic rings. The number of benzene rings is 2. The van der Waals surface area contributed by atoms with Gasteiger partial charge in [-0.1, -0.05) is 37.3 Å². The minimum Gasteiger partial charge on any atom is -0.375 e. The maximum Gasteiger partial charge on any atom is 0.293 e. The van der Waals surface area contributed by atoms with Crippen LogP contribution < -0.4 is 10.6 Å². The lowest BCUT2D eigenvalue weighted by molar-refractivity contribution is -0.384. The number of nitro groups is 1. The Kier molecular flexibility index (Phi) is 7.19. The van der Waals surface area contributed by atoms with Gasteiger partial charge in [-0.15, -0.1) is 0 Å². The zero-order valence-corrected chi connectivity index (χ0v) is 16.8. The summed E-state index contributed by atoms with van der Waals surface area (Å²) in [6.45, 7) is 5.68. The highest BCUT2D eigenvalue weighted by atomic mass is 16.6. The van der Waals surface area contributed by atoms with Gasteiger partial charge in [0.25, 0.3) is 11.6 Å². The first-order valence-electron chi connectivity index (χ1n) is 10.2. The van der Waals surface area contributed by atoms with Crippen LogP contribution in [0.1, 0.15) is 42.1 Å². The van der Waals surface area contributed by atoms with Crippen molar-refractivity contribution in [2.75, 3.05) is 25.0 Å². The number of likely N-dealkylation sites (tertiary alicyclic amines) is 1. The predicted octanol–water partition coefficient (Wildman–Crippen LogP) is 3.81. The van der Waals surface area contributed by atoms with Crippen molar-refractivity contribution in [1.82, 2.24) is 10.2 Å². The van der Waals surface area contributed by atoms with Crippen molar-refractivity contribution in [3.05, 3.63) is 69.8 Å². The Hall–Kier alpha value is -2.93. The van der Waals surface area contributed by atoms with Gasteiger partial charge in [0.15, 0.2) is 0 Å². The van der Waals surface area contributed by atoms with Gasteiger partial charge < -0.3 is 15.5 Å². The molecule has 0 aromatic heterocycles. The zero-order chi connectivity index (χ0) is 20.6. The monoisotopic (exact) mass is 396 g/mol. The Balaban J connectivity index is 1.63. The van der Waals surface area contributed by atoms with Crippen LogP contribution in [0.25, 0.3) is 0 Å². The van der Waals surface area contributed by atoms with E-state index in [1.165, 1.54) is 6.07 Å². The third-order valence-electron chi connectivity index (χ3n) is 5.25. The van der Waals surface area contributed by atoms with Crippen molar-refractivity contribution in [3.8, 4) is 0 Å². The summed E-state index contributed by atoms with van der Waals surface area (Å²) in [5.74, 6) is -0.253. The third-order valence-corrected chi connectivity index (χ3v) is 5.25. The van der Waals surface area contributed by atoms with Crippen molar-refractivity contribution in [1.29, 1.82) is 0 Å². The maximum atomic E-state index is 12.6. The molecule has 2 aromatic carbocycles. The number of hydrogen-bond donors (Lipinski definition) is 2. The summed E-state index contributed by atoms with van der Waals surface area (Å²) in [5, 5.41) is 17.7. The van der Waals surface area contributed by atoms with Crippen LogP contribution in [0, 0.1) is 10.1 Å². The van der Waals surface area contributed by atoms with Crippen LogP contribution in [0.15, 0.2) is 48.5 Å². The molecule has 0 bridgehead atoms. The van der Waals surface area contributed by atoms with Gasteiger partial charge in [-0.3, -0.25) is 14.9 Å². The number of nitro benzene ring substituents is 1. The molecule has 0 spiro atoms. The third kappa shape index (κ3) is 5.77. The van der Waals surface area contributed by atoms with Crippen LogP contribution >= 0.6 is 0 Å². The van der Waals surface area contributed by atoms with E-state index in [4.69, 9.17) is 0 Å². The molecule has 154 valence electrons. The van der Waals surface area contributed by atoms with E-state index in [0.717, 1.165) is 44.5 Å². The number of piperidine rings is 1. The molecule has 1 fully saturated rings. The number of carbonyl (C=O) groups is 1. The highest BCUT2D eigenvalue weighted by Crippen LogP contribution is 2.26. The lowest BCUT2D eigenvalue weighted by Crippen LogP contribution is -2.44. The van der Waals surface area contributed by atoms with Crippen LogP contribution in [0.5, 0.6) is 0 Å². The van der Waals surface area contributed by atoms with Gasteiger partial charge in [0.2, 0.25) is 0 Å². The van der Waals surface area contributed by atoms with Gasteiger partial charge in [-0.25, -0.2) is 0 Å². The fraction of sp³-hybridized carbons (Fsp3) is 0.409. The fourth-order valence-electron chi connectivity index (χ4n) is 3.65. The first-order chi connectivity index (χ1) is 14.1. The normalized spacial score (nSPS) is 15.1. The molecule has 0 atom stereocenters. The highest BCUT2D eigenvalue weighted by molar-refractivity contribution is 5.96. The number of nitrogens with one attached hydrogen (secondary N) is 2. The van der Waals surface area contributed by atoms with E-state index in [1.54, 1.807) is 12.1 Å². The van der Waals surface area contributed by atoms with Crippen molar-refractivity contribution in [2.24, 2.45) is 0 Å². The van der Waals surface area contributed by atoms with E-state index >= 15 is 0 Å². The minimum atomic E-state index is -0.451. The molecule has 2 aromatic rings. The Bertz CT molecular complexity index is 833. The standard InChI is InChI=1S/C22H28N4O3/c1-2-12-25-13-10-19(11-14-25)24-22(27)18-8-9-20(21(15-18)26(28)29)23-16-17-6-4-3-5-7-17/h3-9,15,19,23H,2,10-14,16H2,1H3,(H,24,27). The summed E-state index contributed by atoms with van der Waals surface area (Å²) < 4.78 is 0. The number of carbonyl (C=O) groups excluding carboxylic acids is 1. The molecule has 1 amide bonds. The SMILES string of the molecule is CCCN1CCC(NC(=O)c2ccc(NCc3ccccc3)c([N+](=O)[O-])c2)CC1. The van der Waals surface area contributed by atoms with E-state index < -0.39 is 4.92 Å². The molecule has 2 N–H and O–H groups in total. The van der Waals surface area contributed by atoms with Gasteiger partial charge in [-0.2, -0.15) is 0 Å². The summed E-state index contributed by atoms with van der Waals surface area (Å²) in [5.41, 5.74) is 1.66. The van der Waals surface area contributed by atoms with E-state index in [-0.39, 0.29) is 17.6 Å². The molecule has 3 rings (SSSR count). The Morgan fingerprint density at radius 1 is 1.17 bits per heavy atom. The smallest absolute Gasteiger partial charge is 0.293 e. The first kappa shape index (κ1) is 20.8. The van der Waals surface area contributed by atoms with Gasteiger partial charge >= 0.3 is 0 Å². The topological polar surface area (TPSA) is 87.5 Å². The van der Waals surface area contributed by atoms with Crippen molar-refractivity contribution in [2.45, 2.75) is 38.8 Å². The average Bonchev–Trinajstić information content (AvgIpc) is 2.74. The van der Waals surface area contributed by atoms with Crippen molar-refractivity contribution < 1.29 is 9.72 Å². The Labute approximate surface area is 171 Å². The van der Waals surface area contributed by atoms with Gasteiger partial charge in [0, 0.05) is 37.3 Å². The van der Waals surface area contributed by atoms with Gasteiger partial charge in [-0.05, 0) is 43.5 Å². The molecule has 7 nitrogen and oxygen atoms in total. The number of amides is 1. The van der Waals surface area contributed by atoms with E-state index in [2.05, 4.69) is 22.5 Å². The molecule has 29 heavy (non-hydrogen) atoms. The summed E-state index contributed by atoms with van der Waals surface area (Å²) in [4.78, 5) is 26.1. The van der Waals surface area contributed by atoms with Crippen LogP contribution in [0.4, 0.5) is 11.4 Å². The highest BCUT2D eigenvalue weighted by Gasteiger charge is 2.22. The summed E-state index contributed by atoms with van der Waals surface area (Å²) in [6.07, 6.45) is 2.94. The molecule has 0 saturated carbocycles. The maximum absolute atomic E-state index is 12.6. The fourth-order valence-corrected chi connectivity index (χ4v) is 3.65. The number of rotatable bonds is 8. The number of hydrogen-bond acceptors (Lipinski definition) is 5. The quantitative estimate of drug-likeness (QED) is 0.523. The van der Waals surface area contributed by atoms with E-state index in [1.807, 2.05) is 30.3 Å². The van der Waals surface area contributed by atoms with Gasteiger partial charge in [0.1, 0.15) is 5.69 Å². The van der Waals surface area contributed by atoms with Gasteiger partial charge in [0.05, 0.1) is 4.92 Å². The van der Waals surface area contributed by atoms with E-state index in [9.17, 15) is 14.9 Å². The van der Waals surface area contributed by atoms with Crippen LogP contribution in [0.2, 0.25) is 0 Å². The Morgan fingerprint density at radius 3 is 2.55 bits per heavy atom. The largest absolute Gasteiger partial charge is 0.375 e. The molecule has 0 radical (unpaired) electrons. The molecule has 0 aliphatic carbocycles. The molecule has 1 aliphatic heterocycles.